The smallest absolute Gasteiger partial charge is 0.179 e. The molecule has 0 aliphatic carbocycles. The molecule has 0 spiro atoms. The number of aromatic amines is 1. The summed E-state index contributed by atoms with van der Waals surface area (Å²) < 4.78 is 5.48. The van der Waals surface area contributed by atoms with Crippen LogP contribution in [-0.4, -0.2) is 4.98 Å². The van der Waals surface area contributed by atoms with Crippen molar-refractivity contribution in [1.82, 2.24) is 4.98 Å². The van der Waals surface area contributed by atoms with Gasteiger partial charge in [0, 0.05) is 33.6 Å². The SMILES string of the molecule is [c]1oc2ccccc2c1-c1c[nH]c2ccccc12. The van der Waals surface area contributed by atoms with E-state index in [9.17, 15) is 0 Å². The minimum atomic E-state index is 0.873. The van der Waals surface area contributed by atoms with Gasteiger partial charge < -0.3 is 9.40 Å². The quantitative estimate of drug-likeness (QED) is 0.518. The van der Waals surface area contributed by atoms with E-state index < -0.39 is 0 Å². The van der Waals surface area contributed by atoms with E-state index >= 15 is 0 Å². The van der Waals surface area contributed by atoms with Crippen molar-refractivity contribution >= 4 is 21.9 Å². The van der Waals surface area contributed by atoms with E-state index in [2.05, 4.69) is 29.4 Å². The molecule has 85 valence electrons. The second-order valence-electron chi connectivity index (χ2n) is 4.32. The number of nitrogens with one attached hydrogen (secondary N) is 1. The zero-order valence-electron chi connectivity index (χ0n) is 9.60. The molecule has 0 bridgehead atoms. The monoisotopic (exact) mass is 232 g/mol. The van der Waals surface area contributed by atoms with Crippen molar-refractivity contribution in [2.24, 2.45) is 0 Å². The Morgan fingerprint density at radius 3 is 2.61 bits per heavy atom. The van der Waals surface area contributed by atoms with E-state index in [1.165, 1.54) is 5.39 Å². The van der Waals surface area contributed by atoms with Gasteiger partial charge in [0.05, 0.1) is 0 Å². The number of hydrogen-bond acceptors (Lipinski definition) is 1. The number of rotatable bonds is 1. The molecular weight excluding hydrogens is 222 g/mol. The Hall–Kier alpha value is -2.48. The van der Waals surface area contributed by atoms with Crippen LogP contribution in [0.15, 0.2) is 59.1 Å². The van der Waals surface area contributed by atoms with Gasteiger partial charge in [-0.2, -0.15) is 0 Å². The molecule has 0 saturated carbocycles. The molecule has 0 aliphatic heterocycles. The number of fused-ring (bicyclic) bond motifs is 2. The average molecular weight is 232 g/mol. The van der Waals surface area contributed by atoms with Gasteiger partial charge in [0.1, 0.15) is 5.58 Å². The third kappa shape index (κ3) is 1.23. The van der Waals surface area contributed by atoms with E-state index in [-0.39, 0.29) is 0 Å². The number of benzene rings is 2. The Bertz CT molecular complexity index is 766. The fraction of sp³-hybridized carbons (Fsp3) is 0. The lowest BCUT2D eigenvalue weighted by molar-refractivity contribution is 0.607. The van der Waals surface area contributed by atoms with Gasteiger partial charge in [-0.25, -0.2) is 0 Å². The van der Waals surface area contributed by atoms with Crippen LogP contribution < -0.4 is 0 Å². The Morgan fingerprint density at radius 2 is 1.67 bits per heavy atom. The Kier molecular flexibility index (Phi) is 1.86. The fourth-order valence-corrected chi connectivity index (χ4v) is 2.40. The lowest BCUT2D eigenvalue weighted by atomic mass is 10.0. The first kappa shape index (κ1) is 9.54. The Labute approximate surface area is 104 Å². The molecule has 0 fully saturated rings. The van der Waals surface area contributed by atoms with Crippen molar-refractivity contribution in [1.29, 1.82) is 0 Å². The number of para-hydroxylation sites is 2. The van der Waals surface area contributed by atoms with Crippen LogP contribution in [0.2, 0.25) is 0 Å². The molecule has 0 saturated heterocycles. The van der Waals surface area contributed by atoms with Gasteiger partial charge in [-0.1, -0.05) is 36.4 Å². The topological polar surface area (TPSA) is 28.9 Å². The Morgan fingerprint density at radius 1 is 0.889 bits per heavy atom. The van der Waals surface area contributed by atoms with Crippen molar-refractivity contribution in [2.45, 2.75) is 0 Å². The third-order valence-electron chi connectivity index (χ3n) is 3.28. The van der Waals surface area contributed by atoms with Gasteiger partial charge in [-0.3, -0.25) is 0 Å². The van der Waals surface area contributed by atoms with Gasteiger partial charge in [-0.15, -0.1) is 0 Å². The van der Waals surface area contributed by atoms with E-state index in [1.807, 2.05) is 36.5 Å². The maximum atomic E-state index is 5.48. The molecule has 4 rings (SSSR count). The normalized spacial score (nSPS) is 11.3. The molecule has 0 unspecified atom stereocenters. The van der Waals surface area contributed by atoms with Crippen molar-refractivity contribution in [3.8, 4) is 11.1 Å². The summed E-state index contributed by atoms with van der Waals surface area (Å²) in [6, 6.07) is 16.3. The summed E-state index contributed by atoms with van der Waals surface area (Å²) in [5.41, 5.74) is 4.16. The van der Waals surface area contributed by atoms with Gasteiger partial charge in [0.2, 0.25) is 0 Å². The Balaban J connectivity index is 2.08. The maximum absolute atomic E-state index is 5.48. The molecule has 2 heterocycles. The lowest BCUT2D eigenvalue weighted by Gasteiger charge is -1.95. The first-order valence-electron chi connectivity index (χ1n) is 5.89. The second-order valence-corrected chi connectivity index (χ2v) is 4.32. The van der Waals surface area contributed by atoms with Crippen molar-refractivity contribution < 1.29 is 4.42 Å². The summed E-state index contributed by atoms with van der Waals surface area (Å²) >= 11 is 0. The summed E-state index contributed by atoms with van der Waals surface area (Å²) in [6.07, 6.45) is 5.03. The molecule has 4 aromatic rings. The zero-order valence-corrected chi connectivity index (χ0v) is 9.60. The minimum absolute atomic E-state index is 0.873. The third-order valence-corrected chi connectivity index (χ3v) is 3.28. The van der Waals surface area contributed by atoms with E-state index in [1.54, 1.807) is 0 Å². The lowest BCUT2D eigenvalue weighted by Crippen LogP contribution is -1.72. The van der Waals surface area contributed by atoms with Crippen LogP contribution in [0.5, 0.6) is 0 Å². The van der Waals surface area contributed by atoms with Gasteiger partial charge in [-0.05, 0) is 12.1 Å². The van der Waals surface area contributed by atoms with Crippen LogP contribution in [0, 0.1) is 6.26 Å². The van der Waals surface area contributed by atoms with Crippen LogP contribution in [0.3, 0.4) is 0 Å². The second kappa shape index (κ2) is 3.50. The largest absolute Gasteiger partial charge is 0.452 e. The van der Waals surface area contributed by atoms with Gasteiger partial charge in [0.15, 0.2) is 6.26 Å². The van der Waals surface area contributed by atoms with Crippen LogP contribution in [0.25, 0.3) is 33.0 Å². The number of furan rings is 1. The molecule has 2 aromatic heterocycles. The van der Waals surface area contributed by atoms with E-state index in [0.29, 0.717) is 0 Å². The standard InChI is InChI=1S/C16H10NO/c1-3-7-15-11(5-1)13(9-17-15)14-10-18-16-8-4-2-6-12(14)16/h1-9,17H. The van der Waals surface area contributed by atoms with Gasteiger partial charge in [0.25, 0.3) is 0 Å². The van der Waals surface area contributed by atoms with Crippen molar-refractivity contribution in [3.05, 3.63) is 61.0 Å². The summed E-state index contributed by atoms with van der Waals surface area (Å²) in [7, 11) is 0. The van der Waals surface area contributed by atoms with Crippen molar-refractivity contribution in [3.63, 3.8) is 0 Å². The molecule has 2 aromatic carbocycles. The highest BCUT2D eigenvalue weighted by Gasteiger charge is 2.12. The van der Waals surface area contributed by atoms with Crippen molar-refractivity contribution in [2.75, 3.05) is 0 Å². The summed E-state index contributed by atoms with van der Waals surface area (Å²) in [4.78, 5) is 3.28. The fourth-order valence-electron chi connectivity index (χ4n) is 2.40. The molecule has 0 atom stereocenters. The van der Waals surface area contributed by atoms with E-state index in [4.69, 9.17) is 4.42 Å². The molecule has 1 radical (unpaired) electrons. The number of aromatic nitrogens is 1. The molecule has 0 aliphatic rings. The zero-order chi connectivity index (χ0) is 11.9. The minimum Gasteiger partial charge on any atom is -0.452 e. The highest BCUT2D eigenvalue weighted by molar-refractivity contribution is 6.03. The predicted molar refractivity (Wildman–Crippen MR) is 72.3 cm³/mol. The molecule has 2 heteroatoms. The number of hydrogen-bond donors (Lipinski definition) is 1. The summed E-state index contributed by atoms with van der Waals surface area (Å²) in [5.74, 6) is 0. The summed E-state index contributed by atoms with van der Waals surface area (Å²) in [6.45, 7) is 0. The van der Waals surface area contributed by atoms with Crippen LogP contribution >= 0.6 is 0 Å². The van der Waals surface area contributed by atoms with Crippen LogP contribution in [0.1, 0.15) is 0 Å². The first-order chi connectivity index (χ1) is 8.93. The first-order valence-corrected chi connectivity index (χ1v) is 5.89. The summed E-state index contributed by atoms with van der Waals surface area (Å²) in [5, 5.41) is 2.29. The predicted octanol–water partition coefficient (Wildman–Crippen LogP) is 4.38. The molecule has 0 amide bonds. The van der Waals surface area contributed by atoms with Crippen LogP contribution in [0.4, 0.5) is 0 Å². The van der Waals surface area contributed by atoms with Crippen LogP contribution in [-0.2, 0) is 0 Å². The molecule has 18 heavy (non-hydrogen) atoms. The molecule has 1 N–H and O–H groups in total. The van der Waals surface area contributed by atoms with E-state index in [0.717, 1.165) is 27.6 Å². The highest BCUT2D eigenvalue weighted by atomic mass is 16.3. The molecule has 2 nitrogen and oxygen atoms in total. The molecular formula is C16H10NO. The van der Waals surface area contributed by atoms with Gasteiger partial charge >= 0.3 is 0 Å². The number of H-pyrrole nitrogens is 1. The average Bonchev–Trinajstić information content (AvgIpc) is 3.01. The highest BCUT2D eigenvalue weighted by Crippen LogP contribution is 2.34. The maximum Gasteiger partial charge on any atom is 0.179 e.